The van der Waals surface area contributed by atoms with Crippen LogP contribution in [0.3, 0.4) is 0 Å². The molecule has 1 nitrogen and oxygen atoms in total. The van der Waals surface area contributed by atoms with Crippen LogP contribution in [0.1, 0.15) is 37.1 Å². The van der Waals surface area contributed by atoms with E-state index in [0.717, 1.165) is 16.6 Å². The Balaban J connectivity index is 2.81. The van der Waals surface area contributed by atoms with E-state index in [-0.39, 0.29) is 0 Å². The molecule has 1 atom stereocenters. The highest BCUT2D eigenvalue weighted by Gasteiger charge is 2.08. The molecule has 0 aliphatic carbocycles. The van der Waals surface area contributed by atoms with Crippen molar-refractivity contribution in [3.63, 3.8) is 0 Å². The fourth-order valence-corrected chi connectivity index (χ4v) is 2.66. The van der Waals surface area contributed by atoms with Crippen LogP contribution in [0.15, 0.2) is 22.7 Å². The molecule has 0 fully saturated rings. The molecule has 1 aromatic carbocycles. The molecule has 0 N–H and O–H groups in total. The van der Waals surface area contributed by atoms with Crippen LogP contribution < -0.4 is 4.74 Å². The van der Waals surface area contributed by atoms with Crippen molar-refractivity contribution in [2.24, 2.45) is 0 Å². The Labute approximate surface area is 108 Å². The zero-order chi connectivity index (χ0) is 11.3. The second-order valence-corrected chi connectivity index (χ2v) is 5.34. The lowest BCUT2D eigenvalue weighted by molar-refractivity contribution is 0.338. The second kappa shape index (κ2) is 6.54. The van der Waals surface area contributed by atoms with Crippen molar-refractivity contribution in [3.05, 3.63) is 28.2 Å². The van der Waals surface area contributed by atoms with Crippen LogP contribution in [-0.2, 0) is 0 Å². The Kier molecular flexibility index (Phi) is 5.69. The summed E-state index contributed by atoms with van der Waals surface area (Å²) < 4.78 is 6.50. The Morgan fingerprint density at radius 2 is 2.07 bits per heavy atom. The summed E-state index contributed by atoms with van der Waals surface area (Å²) in [6, 6.07) is 6.26. The van der Waals surface area contributed by atoms with Crippen molar-refractivity contribution in [1.29, 1.82) is 0 Å². The Morgan fingerprint density at radius 3 is 2.60 bits per heavy atom. The van der Waals surface area contributed by atoms with Crippen molar-refractivity contribution >= 4 is 31.9 Å². The maximum Gasteiger partial charge on any atom is 0.133 e. The molecule has 0 amide bonds. The minimum Gasteiger partial charge on any atom is -0.493 e. The standard InChI is InChI=1S/C12H16Br2O/c1-3-5-10(13)9-6-7-12(15-4-2)11(14)8-9/h6-8,10H,3-5H2,1-2H3. The van der Waals surface area contributed by atoms with Gasteiger partial charge >= 0.3 is 0 Å². The molecule has 0 radical (unpaired) electrons. The predicted octanol–water partition coefficient (Wildman–Crippen LogP) is 5.08. The number of alkyl halides is 1. The SMILES string of the molecule is CCCC(Br)c1ccc(OCC)c(Br)c1. The second-order valence-electron chi connectivity index (χ2n) is 3.38. The molecular formula is C12H16Br2O. The first-order valence-corrected chi connectivity index (χ1v) is 6.96. The van der Waals surface area contributed by atoms with E-state index in [1.54, 1.807) is 0 Å². The van der Waals surface area contributed by atoms with E-state index in [1.807, 2.05) is 13.0 Å². The lowest BCUT2D eigenvalue weighted by atomic mass is 10.1. The van der Waals surface area contributed by atoms with Crippen molar-refractivity contribution in [2.75, 3.05) is 6.61 Å². The van der Waals surface area contributed by atoms with Crippen LogP contribution in [0.2, 0.25) is 0 Å². The van der Waals surface area contributed by atoms with Gasteiger partial charge in [-0.2, -0.15) is 0 Å². The van der Waals surface area contributed by atoms with Crippen LogP contribution in [-0.4, -0.2) is 6.61 Å². The number of hydrogen-bond acceptors (Lipinski definition) is 1. The van der Waals surface area contributed by atoms with Gasteiger partial charge in [0.15, 0.2) is 0 Å². The molecule has 0 heterocycles. The quantitative estimate of drug-likeness (QED) is 0.681. The summed E-state index contributed by atoms with van der Waals surface area (Å²) in [5, 5.41) is 0. The maximum absolute atomic E-state index is 5.47. The largest absolute Gasteiger partial charge is 0.493 e. The summed E-state index contributed by atoms with van der Waals surface area (Å²) in [5.74, 6) is 0.914. The first-order chi connectivity index (χ1) is 7.19. The van der Waals surface area contributed by atoms with Gasteiger partial charge in [0.05, 0.1) is 11.1 Å². The zero-order valence-corrected chi connectivity index (χ0v) is 12.3. The summed E-state index contributed by atoms with van der Waals surface area (Å²) in [7, 11) is 0. The highest BCUT2D eigenvalue weighted by Crippen LogP contribution is 2.33. The number of rotatable bonds is 5. The molecule has 0 aliphatic rings. The van der Waals surface area contributed by atoms with Crippen LogP contribution in [0.4, 0.5) is 0 Å². The van der Waals surface area contributed by atoms with Gasteiger partial charge in [-0.15, -0.1) is 0 Å². The average Bonchev–Trinajstić information content (AvgIpc) is 2.21. The molecule has 0 spiro atoms. The van der Waals surface area contributed by atoms with E-state index >= 15 is 0 Å². The first kappa shape index (κ1) is 13.0. The van der Waals surface area contributed by atoms with Crippen LogP contribution >= 0.6 is 31.9 Å². The smallest absolute Gasteiger partial charge is 0.133 e. The van der Waals surface area contributed by atoms with Gasteiger partial charge in [0, 0.05) is 4.83 Å². The molecule has 0 aromatic heterocycles. The van der Waals surface area contributed by atoms with Crippen molar-refractivity contribution < 1.29 is 4.74 Å². The predicted molar refractivity (Wildman–Crippen MR) is 71.9 cm³/mol. The van der Waals surface area contributed by atoms with E-state index in [9.17, 15) is 0 Å². The minimum atomic E-state index is 0.439. The third-order valence-corrected chi connectivity index (χ3v) is 3.77. The monoisotopic (exact) mass is 334 g/mol. The van der Waals surface area contributed by atoms with Crippen LogP contribution in [0.5, 0.6) is 5.75 Å². The maximum atomic E-state index is 5.47. The molecule has 1 rings (SSSR count). The van der Waals surface area contributed by atoms with Gasteiger partial charge in [-0.25, -0.2) is 0 Å². The highest BCUT2D eigenvalue weighted by atomic mass is 79.9. The molecule has 15 heavy (non-hydrogen) atoms. The van der Waals surface area contributed by atoms with E-state index in [1.165, 1.54) is 12.0 Å². The topological polar surface area (TPSA) is 9.23 Å². The van der Waals surface area contributed by atoms with E-state index in [0.29, 0.717) is 11.4 Å². The minimum absolute atomic E-state index is 0.439. The molecule has 0 aliphatic heterocycles. The molecule has 84 valence electrons. The summed E-state index contributed by atoms with van der Waals surface area (Å²) in [6.07, 6.45) is 2.33. The van der Waals surface area contributed by atoms with Gasteiger partial charge < -0.3 is 4.74 Å². The van der Waals surface area contributed by atoms with Gasteiger partial charge in [-0.1, -0.05) is 35.3 Å². The average molecular weight is 336 g/mol. The van der Waals surface area contributed by atoms with Gasteiger partial charge in [-0.3, -0.25) is 0 Å². The Morgan fingerprint density at radius 1 is 1.33 bits per heavy atom. The highest BCUT2D eigenvalue weighted by molar-refractivity contribution is 9.10. The van der Waals surface area contributed by atoms with Gasteiger partial charge in [-0.05, 0) is 47.0 Å². The molecule has 3 heteroatoms. The normalized spacial score (nSPS) is 12.5. The Bertz CT molecular complexity index is 312. The van der Waals surface area contributed by atoms with Gasteiger partial charge in [0.2, 0.25) is 0 Å². The molecule has 0 saturated carbocycles. The van der Waals surface area contributed by atoms with Crippen molar-refractivity contribution in [1.82, 2.24) is 0 Å². The third-order valence-electron chi connectivity index (χ3n) is 2.16. The van der Waals surface area contributed by atoms with Gasteiger partial charge in [0.1, 0.15) is 5.75 Å². The molecule has 0 saturated heterocycles. The van der Waals surface area contributed by atoms with Crippen molar-refractivity contribution in [2.45, 2.75) is 31.5 Å². The summed E-state index contributed by atoms with van der Waals surface area (Å²) >= 11 is 7.20. The number of halogens is 2. The fraction of sp³-hybridized carbons (Fsp3) is 0.500. The summed E-state index contributed by atoms with van der Waals surface area (Å²) in [6.45, 7) is 4.88. The van der Waals surface area contributed by atoms with Crippen molar-refractivity contribution in [3.8, 4) is 5.75 Å². The molecular weight excluding hydrogens is 320 g/mol. The van der Waals surface area contributed by atoms with Gasteiger partial charge in [0.25, 0.3) is 0 Å². The summed E-state index contributed by atoms with van der Waals surface area (Å²) in [4.78, 5) is 0.439. The van der Waals surface area contributed by atoms with E-state index < -0.39 is 0 Å². The Hall–Kier alpha value is -0.0200. The molecule has 1 unspecified atom stereocenters. The van der Waals surface area contributed by atoms with Crippen LogP contribution in [0.25, 0.3) is 0 Å². The third kappa shape index (κ3) is 3.80. The zero-order valence-electron chi connectivity index (χ0n) is 9.09. The molecule has 0 bridgehead atoms. The number of hydrogen-bond donors (Lipinski definition) is 0. The molecule has 1 aromatic rings. The number of ether oxygens (including phenoxy) is 1. The fourth-order valence-electron chi connectivity index (χ4n) is 1.40. The number of benzene rings is 1. The summed E-state index contributed by atoms with van der Waals surface area (Å²) in [5.41, 5.74) is 1.30. The van der Waals surface area contributed by atoms with E-state index in [2.05, 4.69) is 50.9 Å². The van der Waals surface area contributed by atoms with Crippen LogP contribution in [0, 0.1) is 0 Å². The lowest BCUT2D eigenvalue weighted by Crippen LogP contribution is -1.94. The van der Waals surface area contributed by atoms with E-state index in [4.69, 9.17) is 4.74 Å². The first-order valence-electron chi connectivity index (χ1n) is 5.25. The lowest BCUT2D eigenvalue weighted by Gasteiger charge is -2.11.